The Morgan fingerprint density at radius 2 is 2.00 bits per heavy atom. The third-order valence-corrected chi connectivity index (χ3v) is 4.13. The predicted molar refractivity (Wildman–Crippen MR) is 107 cm³/mol. The first kappa shape index (κ1) is 20.6. The van der Waals surface area contributed by atoms with Crippen molar-refractivity contribution < 1.29 is 14.3 Å². The zero-order valence-electron chi connectivity index (χ0n) is 16.5. The highest BCUT2D eigenvalue weighted by Crippen LogP contribution is 2.28. The number of nitrogens with zero attached hydrogens (tertiary/aromatic N) is 2. The highest BCUT2D eigenvalue weighted by Gasteiger charge is 2.09. The number of aliphatic imine (C=N–C) groups is 1. The average molecular weight is 375 g/mol. The summed E-state index contributed by atoms with van der Waals surface area (Å²) in [6, 6.07) is 5.95. The lowest BCUT2D eigenvalue weighted by atomic mass is 10.1. The van der Waals surface area contributed by atoms with Crippen molar-refractivity contribution >= 4 is 22.8 Å². The van der Waals surface area contributed by atoms with Gasteiger partial charge in [0.2, 0.25) is 5.91 Å². The number of aromatic nitrogens is 1. The van der Waals surface area contributed by atoms with Crippen molar-refractivity contribution in [1.29, 1.82) is 0 Å². The quantitative estimate of drug-likeness (QED) is 0.345. The van der Waals surface area contributed by atoms with Crippen LogP contribution in [0.1, 0.15) is 5.56 Å². The predicted octanol–water partition coefficient (Wildman–Crippen LogP) is 0.989. The summed E-state index contributed by atoms with van der Waals surface area (Å²) in [6.45, 7) is 1.93. The summed E-state index contributed by atoms with van der Waals surface area (Å²) in [5.41, 5.74) is 2.21. The van der Waals surface area contributed by atoms with E-state index >= 15 is 0 Å². The van der Waals surface area contributed by atoms with Crippen LogP contribution >= 0.6 is 0 Å². The van der Waals surface area contributed by atoms with Crippen molar-refractivity contribution in [3.8, 4) is 5.75 Å². The molecule has 0 aliphatic rings. The Hall–Kier alpha value is -2.74. The first-order valence-electron chi connectivity index (χ1n) is 8.91. The third kappa shape index (κ3) is 5.89. The molecule has 8 nitrogen and oxygen atoms in total. The van der Waals surface area contributed by atoms with Crippen LogP contribution < -0.4 is 15.4 Å². The van der Waals surface area contributed by atoms with Crippen LogP contribution in [0, 0.1) is 0 Å². The molecule has 0 bridgehead atoms. The van der Waals surface area contributed by atoms with Gasteiger partial charge in [0, 0.05) is 51.4 Å². The van der Waals surface area contributed by atoms with Gasteiger partial charge in [-0.3, -0.25) is 4.79 Å². The van der Waals surface area contributed by atoms with E-state index in [2.05, 4.69) is 20.6 Å². The lowest BCUT2D eigenvalue weighted by Crippen LogP contribution is -2.40. The lowest BCUT2D eigenvalue weighted by Gasteiger charge is -2.13. The Kier molecular flexibility index (Phi) is 7.94. The van der Waals surface area contributed by atoms with E-state index in [0.29, 0.717) is 25.7 Å². The smallest absolute Gasteiger partial charge is 0.243 e. The summed E-state index contributed by atoms with van der Waals surface area (Å²) >= 11 is 0. The monoisotopic (exact) mass is 375 g/mol. The molecule has 0 unspecified atom stereocenters. The van der Waals surface area contributed by atoms with Crippen molar-refractivity contribution in [1.82, 2.24) is 20.5 Å². The molecule has 148 valence electrons. The molecule has 0 radical (unpaired) electrons. The molecule has 1 aromatic carbocycles. The van der Waals surface area contributed by atoms with Crippen molar-refractivity contribution in [2.75, 3.05) is 54.6 Å². The van der Waals surface area contributed by atoms with Crippen molar-refractivity contribution in [3.63, 3.8) is 0 Å². The Morgan fingerprint density at radius 1 is 1.22 bits per heavy atom. The molecule has 1 aromatic heterocycles. The summed E-state index contributed by atoms with van der Waals surface area (Å²) in [5.74, 6) is 1.39. The molecule has 0 aliphatic carbocycles. The highest BCUT2D eigenvalue weighted by molar-refractivity contribution is 5.89. The molecular weight excluding hydrogens is 346 g/mol. The number of aromatic amines is 1. The van der Waals surface area contributed by atoms with Gasteiger partial charge < -0.3 is 30.0 Å². The van der Waals surface area contributed by atoms with Crippen LogP contribution in [0.4, 0.5) is 0 Å². The molecule has 0 saturated heterocycles. The minimum atomic E-state index is -0.0517. The molecular formula is C19H29N5O3. The number of rotatable bonds is 9. The molecule has 0 aliphatic heterocycles. The number of likely N-dealkylation sites (N-methyl/N-ethyl adjacent to an activating group) is 1. The van der Waals surface area contributed by atoms with Crippen LogP contribution in [0.25, 0.3) is 10.9 Å². The summed E-state index contributed by atoms with van der Waals surface area (Å²) in [6.07, 6.45) is 2.78. The third-order valence-electron chi connectivity index (χ3n) is 4.13. The van der Waals surface area contributed by atoms with Crippen molar-refractivity contribution in [2.45, 2.75) is 6.42 Å². The molecule has 8 heteroatoms. The summed E-state index contributed by atoms with van der Waals surface area (Å²) < 4.78 is 10.5. The van der Waals surface area contributed by atoms with Crippen LogP contribution in [-0.4, -0.2) is 76.3 Å². The van der Waals surface area contributed by atoms with Gasteiger partial charge in [-0.05, 0) is 24.1 Å². The Balaban J connectivity index is 2.00. The second-order valence-electron chi connectivity index (χ2n) is 6.25. The minimum absolute atomic E-state index is 0.0517. The van der Waals surface area contributed by atoms with E-state index in [1.54, 1.807) is 28.3 Å². The van der Waals surface area contributed by atoms with Gasteiger partial charge in [0.15, 0.2) is 5.96 Å². The Bertz CT molecular complexity index is 770. The number of hydrogen-bond donors (Lipinski definition) is 3. The van der Waals surface area contributed by atoms with Crippen LogP contribution in [-0.2, 0) is 16.0 Å². The molecule has 2 aromatic rings. The molecule has 1 heterocycles. The summed E-state index contributed by atoms with van der Waals surface area (Å²) in [7, 11) is 6.75. The first-order valence-corrected chi connectivity index (χ1v) is 8.91. The maximum Gasteiger partial charge on any atom is 0.243 e. The van der Waals surface area contributed by atoms with Gasteiger partial charge in [-0.1, -0.05) is 6.07 Å². The van der Waals surface area contributed by atoms with Gasteiger partial charge in [0.25, 0.3) is 0 Å². The number of benzene rings is 1. The fourth-order valence-electron chi connectivity index (χ4n) is 2.64. The summed E-state index contributed by atoms with van der Waals surface area (Å²) in [5, 5.41) is 7.53. The number of amides is 1. The van der Waals surface area contributed by atoms with Gasteiger partial charge in [0.05, 0.1) is 13.7 Å². The van der Waals surface area contributed by atoms with E-state index in [1.165, 1.54) is 4.90 Å². The lowest BCUT2D eigenvalue weighted by molar-refractivity contribution is -0.127. The number of H-pyrrole nitrogens is 1. The molecule has 0 spiro atoms. The highest BCUT2D eigenvalue weighted by atomic mass is 16.5. The molecule has 3 N–H and O–H groups in total. The maximum absolute atomic E-state index is 11.8. The summed E-state index contributed by atoms with van der Waals surface area (Å²) in [4.78, 5) is 20.9. The number of carbonyl (C=O) groups excluding carboxylic acids is 1. The average Bonchev–Trinajstić information content (AvgIpc) is 3.08. The number of hydrogen-bond acceptors (Lipinski definition) is 4. The number of methoxy groups -OCH3 is 2. The van der Waals surface area contributed by atoms with Gasteiger partial charge >= 0.3 is 0 Å². The van der Waals surface area contributed by atoms with E-state index in [4.69, 9.17) is 9.47 Å². The molecule has 27 heavy (non-hydrogen) atoms. The van der Waals surface area contributed by atoms with Crippen LogP contribution in [0.3, 0.4) is 0 Å². The van der Waals surface area contributed by atoms with Gasteiger partial charge in [-0.15, -0.1) is 0 Å². The maximum atomic E-state index is 11.8. The van der Waals surface area contributed by atoms with Crippen molar-refractivity contribution in [2.24, 2.45) is 4.99 Å². The number of nitrogens with one attached hydrogen (secondary N) is 3. The fourth-order valence-corrected chi connectivity index (χ4v) is 2.64. The second kappa shape index (κ2) is 10.4. The normalized spacial score (nSPS) is 11.5. The van der Waals surface area contributed by atoms with Gasteiger partial charge in [-0.2, -0.15) is 0 Å². The zero-order chi connectivity index (χ0) is 19.6. The number of ether oxygens (including phenoxy) is 2. The van der Waals surface area contributed by atoms with E-state index in [9.17, 15) is 4.79 Å². The first-order chi connectivity index (χ1) is 13.1. The number of guanidine groups is 1. The molecule has 0 atom stereocenters. The fraction of sp³-hybridized carbons (Fsp3) is 0.474. The van der Waals surface area contributed by atoms with Crippen LogP contribution in [0.2, 0.25) is 0 Å². The second-order valence-corrected chi connectivity index (χ2v) is 6.25. The molecule has 2 rings (SSSR count). The van der Waals surface area contributed by atoms with Crippen LogP contribution in [0.15, 0.2) is 29.4 Å². The standard InChI is InChI=1S/C19H29N5O3/c1-24(2)17(25)13-23-19(21-10-11-26-3)20-9-8-14-12-22-15-6-5-7-16(27-4)18(14)15/h5-7,12,22H,8-11,13H2,1-4H3,(H2,20,21,23). The SMILES string of the molecule is COCCNC(=NCC(=O)N(C)C)NCCc1c[nH]c2cccc(OC)c12. The van der Waals surface area contributed by atoms with E-state index in [-0.39, 0.29) is 12.5 Å². The van der Waals surface area contributed by atoms with Gasteiger partial charge in [0.1, 0.15) is 12.3 Å². The number of fused-ring (bicyclic) bond motifs is 1. The Labute approximate surface area is 159 Å². The molecule has 0 saturated carbocycles. The number of carbonyl (C=O) groups is 1. The molecule has 0 fully saturated rings. The van der Waals surface area contributed by atoms with E-state index < -0.39 is 0 Å². The van der Waals surface area contributed by atoms with Crippen molar-refractivity contribution in [3.05, 3.63) is 30.0 Å². The minimum Gasteiger partial charge on any atom is -0.496 e. The largest absolute Gasteiger partial charge is 0.496 e. The zero-order valence-corrected chi connectivity index (χ0v) is 16.5. The van der Waals surface area contributed by atoms with Crippen LogP contribution in [0.5, 0.6) is 5.75 Å². The topological polar surface area (TPSA) is 91.0 Å². The van der Waals surface area contributed by atoms with E-state index in [1.807, 2.05) is 24.4 Å². The van der Waals surface area contributed by atoms with E-state index in [0.717, 1.165) is 28.6 Å². The van der Waals surface area contributed by atoms with Gasteiger partial charge in [-0.25, -0.2) is 4.99 Å². The Morgan fingerprint density at radius 3 is 2.70 bits per heavy atom. The molecule has 1 amide bonds.